The number of ketones is 1. The molecule has 2 aromatic rings. The van der Waals surface area contributed by atoms with E-state index in [0.29, 0.717) is 36.4 Å². The molecule has 210 valence electrons. The normalized spacial score (nSPS) is 12.1. The summed E-state index contributed by atoms with van der Waals surface area (Å²) in [5, 5.41) is 0. The lowest BCUT2D eigenvalue weighted by Crippen LogP contribution is -2.37. The molecule has 1 aromatic heterocycles. The lowest BCUT2D eigenvalue weighted by molar-refractivity contribution is -0.143. The third-order valence-electron chi connectivity index (χ3n) is 6.17. The molecule has 6 nitrogen and oxygen atoms in total. The van der Waals surface area contributed by atoms with Gasteiger partial charge in [-0.2, -0.15) is 26.3 Å². The third kappa shape index (κ3) is 6.76. The Morgan fingerprint density at radius 2 is 1.50 bits per heavy atom. The number of benzene rings is 1. The van der Waals surface area contributed by atoms with Crippen molar-refractivity contribution < 1.29 is 45.5 Å². The molecule has 0 saturated heterocycles. The predicted octanol–water partition coefficient (Wildman–Crippen LogP) is 6.32. The van der Waals surface area contributed by atoms with E-state index in [1.165, 1.54) is 14.0 Å². The smallest absolute Gasteiger partial charge is 0.416 e. The summed E-state index contributed by atoms with van der Waals surface area (Å²) in [7, 11) is 1.18. The molecule has 2 rings (SSSR count). The molecule has 0 N–H and O–H groups in total. The number of carbonyl (C=O) groups is 3. The minimum absolute atomic E-state index is 0.0169. The number of esters is 1. The molecule has 1 heterocycles. The van der Waals surface area contributed by atoms with E-state index in [-0.39, 0.29) is 29.8 Å². The SMILES string of the molecule is CCn1c(C)c(C(=O)CN(CCC(C)C)C(=O)c2cc(C(F)(F)F)cc(C(F)(F)F)c2)c(C)c1C(=O)OC. The number of rotatable bonds is 9. The predicted molar refractivity (Wildman–Crippen MR) is 127 cm³/mol. The highest BCUT2D eigenvalue weighted by molar-refractivity contribution is 6.06. The van der Waals surface area contributed by atoms with Crippen LogP contribution in [0.2, 0.25) is 0 Å². The molecule has 0 fully saturated rings. The number of amides is 1. The van der Waals surface area contributed by atoms with Gasteiger partial charge in [-0.25, -0.2) is 4.79 Å². The number of ether oxygens (including phenoxy) is 1. The van der Waals surface area contributed by atoms with Crippen molar-refractivity contribution in [2.75, 3.05) is 20.2 Å². The van der Waals surface area contributed by atoms with Gasteiger partial charge in [-0.05, 0) is 56.9 Å². The second kappa shape index (κ2) is 11.6. The molecular weight excluding hydrogens is 518 g/mol. The van der Waals surface area contributed by atoms with Crippen molar-refractivity contribution in [3.63, 3.8) is 0 Å². The van der Waals surface area contributed by atoms with Crippen LogP contribution >= 0.6 is 0 Å². The van der Waals surface area contributed by atoms with E-state index < -0.39 is 53.2 Å². The fraction of sp³-hybridized carbons (Fsp3) is 0.500. The molecule has 0 aliphatic carbocycles. The molecule has 0 aliphatic rings. The van der Waals surface area contributed by atoms with Gasteiger partial charge < -0.3 is 14.2 Å². The van der Waals surface area contributed by atoms with Crippen LogP contribution in [0.3, 0.4) is 0 Å². The van der Waals surface area contributed by atoms with Crippen LogP contribution in [0.5, 0.6) is 0 Å². The molecule has 0 atom stereocenters. The van der Waals surface area contributed by atoms with Gasteiger partial charge in [-0.15, -0.1) is 0 Å². The van der Waals surface area contributed by atoms with Crippen molar-refractivity contribution in [1.82, 2.24) is 9.47 Å². The second-order valence-electron chi connectivity index (χ2n) is 9.30. The first-order valence-electron chi connectivity index (χ1n) is 11.8. The van der Waals surface area contributed by atoms with Crippen LogP contribution in [0.25, 0.3) is 0 Å². The summed E-state index contributed by atoms with van der Waals surface area (Å²) in [5.41, 5.74) is -3.08. The van der Waals surface area contributed by atoms with Crippen molar-refractivity contribution in [2.24, 2.45) is 5.92 Å². The van der Waals surface area contributed by atoms with E-state index in [1.54, 1.807) is 18.4 Å². The fourth-order valence-electron chi connectivity index (χ4n) is 4.24. The van der Waals surface area contributed by atoms with E-state index in [2.05, 4.69) is 0 Å². The lowest BCUT2D eigenvalue weighted by Gasteiger charge is -2.24. The molecular formula is C26H30F6N2O4. The lowest BCUT2D eigenvalue weighted by atomic mass is 10.0. The molecule has 0 radical (unpaired) electrons. The van der Waals surface area contributed by atoms with Gasteiger partial charge in [-0.1, -0.05) is 13.8 Å². The molecule has 12 heteroatoms. The molecule has 0 aliphatic heterocycles. The number of carbonyl (C=O) groups excluding carboxylic acids is 3. The molecule has 38 heavy (non-hydrogen) atoms. The van der Waals surface area contributed by atoms with E-state index in [4.69, 9.17) is 4.74 Å². The first-order chi connectivity index (χ1) is 17.4. The van der Waals surface area contributed by atoms with Gasteiger partial charge in [-0.3, -0.25) is 9.59 Å². The minimum Gasteiger partial charge on any atom is -0.464 e. The highest BCUT2D eigenvalue weighted by atomic mass is 19.4. The van der Waals surface area contributed by atoms with Gasteiger partial charge in [0.15, 0.2) is 5.78 Å². The van der Waals surface area contributed by atoms with Crippen molar-refractivity contribution in [2.45, 2.75) is 59.9 Å². The maximum Gasteiger partial charge on any atom is 0.416 e. The van der Waals surface area contributed by atoms with Gasteiger partial charge in [0.2, 0.25) is 0 Å². The number of methoxy groups -OCH3 is 1. The minimum atomic E-state index is -5.13. The molecule has 0 bridgehead atoms. The summed E-state index contributed by atoms with van der Waals surface area (Å²) < 4.78 is 86.5. The number of hydrogen-bond donors (Lipinski definition) is 0. The Morgan fingerprint density at radius 1 is 0.974 bits per heavy atom. The number of alkyl halides is 6. The summed E-state index contributed by atoms with van der Waals surface area (Å²) in [6.45, 7) is 8.13. The van der Waals surface area contributed by atoms with Crippen LogP contribution in [-0.4, -0.2) is 47.3 Å². The molecule has 1 amide bonds. The summed E-state index contributed by atoms with van der Waals surface area (Å²) >= 11 is 0. The highest BCUT2D eigenvalue weighted by Gasteiger charge is 2.38. The molecule has 1 aromatic carbocycles. The topological polar surface area (TPSA) is 68.6 Å². The van der Waals surface area contributed by atoms with Crippen LogP contribution in [0.15, 0.2) is 18.2 Å². The Bertz CT molecular complexity index is 1180. The maximum absolute atomic E-state index is 13.4. The average Bonchev–Trinajstić information content (AvgIpc) is 3.08. The zero-order valence-electron chi connectivity index (χ0n) is 21.9. The summed E-state index contributed by atoms with van der Waals surface area (Å²) in [5.74, 6) is -2.42. The number of Topliss-reactive ketones (excluding diaryl/α,β-unsaturated/α-hetero) is 1. The monoisotopic (exact) mass is 548 g/mol. The van der Waals surface area contributed by atoms with E-state index >= 15 is 0 Å². The van der Waals surface area contributed by atoms with Crippen molar-refractivity contribution in [3.05, 3.63) is 57.4 Å². The van der Waals surface area contributed by atoms with Crippen LogP contribution in [-0.2, 0) is 23.6 Å². The summed E-state index contributed by atoms with van der Waals surface area (Å²) in [4.78, 5) is 40.0. The van der Waals surface area contributed by atoms with Gasteiger partial charge >= 0.3 is 18.3 Å². The maximum atomic E-state index is 13.4. The van der Waals surface area contributed by atoms with Crippen molar-refractivity contribution in [3.8, 4) is 0 Å². The largest absolute Gasteiger partial charge is 0.464 e. The van der Waals surface area contributed by atoms with Gasteiger partial charge in [0.25, 0.3) is 5.91 Å². The highest BCUT2D eigenvalue weighted by Crippen LogP contribution is 2.36. The Kier molecular flexibility index (Phi) is 9.44. The fourth-order valence-corrected chi connectivity index (χ4v) is 4.24. The van der Waals surface area contributed by atoms with E-state index in [9.17, 15) is 40.7 Å². The van der Waals surface area contributed by atoms with Crippen LogP contribution in [0, 0.1) is 19.8 Å². The van der Waals surface area contributed by atoms with Crippen LogP contribution in [0.4, 0.5) is 26.3 Å². The van der Waals surface area contributed by atoms with Gasteiger partial charge in [0.05, 0.1) is 24.8 Å². The number of hydrogen-bond acceptors (Lipinski definition) is 4. The first kappa shape index (κ1) is 30.9. The van der Waals surface area contributed by atoms with Crippen LogP contribution < -0.4 is 0 Å². The zero-order valence-corrected chi connectivity index (χ0v) is 21.9. The first-order valence-corrected chi connectivity index (χ1v) is 11.8. The number of aromatic nitrogens is 1. The summed E-state index contributed by atoms with van der Waals surface area (Å²) in [6, 6.07) is 0.641. The van der Waals surface area contributed by atoms with Crippen molar-refractivity contribution >= 4 is 17.7 Å². The number of halogens is 6. The Hall–Kier alpha value is -3.31. The summed E-state index contributed by atoms with van der Waals surface area (Å²) in [6.07, 6.45) is -9.92. The Labute approximate surface area is 216 Å². The average molecular weight is 549 g/mol. The second-order valence-corrected chi connectivity index (χ2v) is 9.30. The molecule has 0 spiro atoms. The molecule has 0 saturated carbocycles. The Morgan fingerprint density at radius 3 is 1.92 bits per heavy atom. The quantitative estimate of drug-likeness (QED) is 0.209. The third-order valence-corrected chi connectivity index (χ3v) is 6.17. The Balaban J connectivity index is 2.58. The molecule has 0 unspecified atom stereocenters. The van der Waals surface area contributed by atoms with Gasteiger partial charge in [0.1, 0.15) is 5.69 Å². The van der Waals surface area contributed by atoms with Crippen molar-refractivity contribution in [1.29, 1.82) is 0 Å². The standard InChI is InChI=1S/C26H30F6N2O4/c1-7-34-16(5)21(15(4)22(34)24(37)38-6)20(35)13-33(9-8-14(2)3)23(36)17-10-18(25(27,28)29)12-19(11-17)26(30,31)32/h10-12,14H,7-9,13H2,1-6H3. The van der Waals surface area contributed by atoms with Gasteiger partial charge in [0, 0.05) is 29.9 Å². The van der Waals surface area contributed by atoms with E-state index in [1.807, 2.05) is 13.8 Å². The van der Waals surface area contributed by atoms with E-state index in [0.717, 1.165) is 4.90 Å². The number of nitrogens with zero attached hydrogens (tertiary/aromatic N) is 2. The zero-order chi connectivity index (χ0) is 29.2. The van der Waals surface area contributed by atoms with Crippen LogP contribution in [0.1, 0.15) is 80.8 Å².